The second-order valence-corrected chi connectivity index (χ2v) is 11.6. The second-order valence-electron chi connectivity index (χ2n) is 11.6. The lowest BCUT2D eigenvalue weighted by atomic mass is 9.34. The van der Waals surface area contributed by atoms with Gasteiger partial charge in [-0.3, -0.25) is 0 Å². The summed E-state index contributed by atoms with van der Waals surface area (Å²) >= 11 is 0. The summed E-state index contributed by atoms with van der Waals surface area (Å²) in [6.45, 7) is 14.0. The molecule has 0 fully saturated rings. The van der Waals surface area contributed by atoms with Crippen molar-refractivity contribution in [2.75, 3.05) is 19.1 Å². The first-order chi connectivity index (χ1) is 17.5. The fourth-order valence-electron chi connectivity index (χ4n) is 4.62. The van der Waals surface area contributed by atoms with Gasteiger partial charge in [0.05, 0.1) is 14.2 Å². The summed E-state index contributed by atoms with van der Waals surface area (Å²) < 4.78 is 10.8. The van der Waals surface area contributed by atoms with Crippen molar-refractivity contribution in [2.45, 2.75) is 52.4 Å². The van der Waals surface area contributed by atoms with E-state index in [4.69, 9.17) is 9.47 Å². The summed E-state index contributed by atoms with van der Waals surface area (Å²) in [6, 6.07) is 25.2. The van der Waals surface area contributed by atoms with Crippen molar-refractivity contribution < 1.29 is 9.47 Å². The van der Waals surface area contributed by atoms with Gasteiger partial charge in [0.25, 0.3) is 0 Å². The molecule has 0 aromatic heterocycles. The first-order valence-corrected chi connectivity index (χ1v) is 12.9. The molecule has 37 heavy (non-hydrogen) atoms. The molecule has 192 valence electrons. The lowest BCUT2D eigenvalue weighted by molar-refractivity contribution is 0.296. The molecule has 1 heterocycles. The topological polar surface area (TPSA) is 24.9 Å². The molecule has 0 amide bonds. The van der Waals surface area contributed by atoms with Crippen LogP contribution in [-0.2, 0) is 0 Å². The highest BCUT2D eigenvalue weighted by molar-refractivity contribution is 6.73. The highest BCUT2D eigenvalue weighted by Crippen LogP contribution is 2.40. The number of anilines is 3. The van der Waals surface area contributed by atoms with Crippen molar-refractivity contribution in [3.63, 3.8) is 0 Å². The number of benzene rings is 3. The van der Waals surface area contributed by atoms with Gasteiger partial charge in [0.15, 0.2) is 0 Å². The molecule has 0 spiro atoms. The van der Waals surface area contributed by atoms with Gasteiger partial charge < -0.3 is 19.3 Å². The van der Waals surface area contributed by atoms with E-state index in [0.717, 1.165) is 28.6 Å². The molecule has 4 nitrogen and oxygen atoms in total. The van der Waals surface area contributed by atoms with Gasteiger partial charge in [-0.1, -0.05) is 50.2 Å². The maximum absolute atomic E-state index is 5.39. The Morgan fingerprint density at radius 2 is 1.08 bits per heavy atom. The van der Waals surface area contributed by atoms with Crippen molar-refractivity contribution in [1.82, 2.24) is 4.90 Å². The number of rotatable bonds is 6. The van der Waals surface area contributed by atoms with Crippen molar-refractivity contribution in [2.24, 2.45) is 0 Å². The van der Waals surface area contributed by atoms with Crippen LogP contribution in [0.4, 0.5) is 17.1 Å². The second kappa shape index (κ2) is 10.4. The summed E-state index contributed by atoms with van der Waals surface area (Å²) in [5.74, 6) is 6.42. The third-order valence-corrected chi connectivity index (χ3v) is 6.84. The van der Waals surface area contributed by atoms with Crippen LogP contribution in [0.2, 0.25) is 5.31 Å². The molecule has 3 aromatic rings. The number of methoxy groups -OCH3 is 2. The van der Waals surface area contributed by atoms with E-state index in [2.05, 4.69) is 118 Å². The van der Waals surface area contributed by atoms with Crippen molar-refractivity contribution in [3.8, 4) is 11.5 Å². The molecule has 3 aromatic carbocycles. The Balaban J connectivity index is 1.75. The molecule has 5 heteroatoms. The van der Waals surface area contributed by atoms with Crippen LogP contribution in [-0.4, -0.2) is 31.4 Å². The standard InChI is InChI=1S/C32H39BN2O2/c1-31(2,3)33-21-22-34(32(4,5)6)30(23-33)24-9-11-25(12-10-24)35(26-13-17-28(36-7)18-14-26)27-15-19-29(37-8)20-16-27/h9-23H,1-8H3. The fraction of sp³-hybridized carbons (Fsp3) is 0.312. The van der Waals surface area contributed by atoms with Crippen LogP contribution in [0.25, 0.3) is 5.70 Å². The van der Waals surface area contributed by atoms with Gasteiger partial charge in [-0.25, -0.2) is 0 Å². The third kappa shape index (κ3) is 5.88. The maximum atomic E-state index is 5.39. The van der Waals surface area contributed by atoms with E-state index in [1.807, 2.05) is 24.3 Å². The van der Waals surface area contributed by atoms with E-state index in [1.54, 1.807) is 14.2 Å². The van der Waals surface area contributed by atoms with Crippen molar-refractivity contribution in [1.29, 1.82) is 0 Å². The van der Waals surface area contributed by atoms with E-state index in [-0.39, 0.29) is 10.9 Å². The summed E-state index contributed by atoms with van der Waals surface area (Å²) in [4.78, 5) is 4.63. The van der Waals surface area contributed by atoms with E-state index in [9.17, 15) is 0 Å². The predicted molar refractivity (Wildman–Crippen MR) is 158 cm³/mol. The average molecular weight is 494 g/mol. The summed E-state index contributed by atoms with van der Waals surface area (Å²) in [7, 11) is 3.38. The SMILES string of the molecule is COc1ccc(N(c2ccc(OC)cc2)c2ccc(C3=CB(C(C)(C)C)C=CN3C(C)(C)C)cc2)cc1. The first kappa shape index (κ1) is 26.5. The minimum absolute atomic E-state index is 0.0257. The van der Waals surface area contributed by atoms with Crippen LogP contribution < -0.4 is 14.4 Å². The lowest BCUT2D eigenvalue weighted by Crippen LogP contribution is -2.39. The lowest BCUT2D eigenvalue weighted by Gasteiger charge is -2.41. The average Bonchev–Trinajstić information content (AvgIpc) is 2.89. The maximum Gasteiger partial charge on any atom is 0.201 e. The molecule has 0 saturated heterocycles. The Morgan fingerprint density at radius 1 is 0.649 bits per heavy atom. The van der Waals surface area contributed by atoms with E-state index < -0.39 is 0 Å². The van der Waals surface area contributed by atoms with Gasteiger partial charge in [0.2, 0.25) is 6.71 Å². The van der Waals surface area contributed by atoms with E-state index in [0.29, 0.717) is 6.71 Å². The van der Waals surface area contributed by atoms with Gasteiger partial charge >= 0.3 is 0 Å². The molecule has 0 atom stereocenters. The minimum Gasteiger partial charge on any atom is -0.497 e. The van der Waals surface area contributed by atoms with Gasteiger partial charge in [0.1, 0.15) is 11.5 Å². The quantitative estimate of drug-likeness (QED) is 0.321. The fourth-order valence-corrected chi connectivity index (χ4v) is 4.62. The molecule has 0 N–H and O–H groups in total. The third-order valence-electron chi connectivity index (χ3n) is 6.84. The van der Waals surface area contributed by atoms with E-state index in [1.165, 1.54) is 11.3 Å². The highest BCUT2D eigenvalue weighted by Gasteiger charge is 2.32. The molecule has 0 radical (unpaired) electrons. The summed E-state index contributed by atoms with van der Waals surface area (Å²) in [5, 5.41) is 0.158. The largest absolute Gasteiger partial charge is 0.497 e. The van der Waals surface area contributed by atoms with Crippen LogP contribution >= 0.6 is 0 Å². The Hall–Kier alpha value is -3.60. The molecular formula is C32H39BN2O2. The number of hydrogen-bond donors (Lipinski definition) is 0. The highest BCUT2D eigenvalue weighted by atomic mass is 16.5. The van der Waals surface area contributed by atoms with Crippen molar-refractivity contribution >= 4 is 29.5 Å². The van der Waals surface area contributed by atoms with Crippen LogP contribution in [0, 0.1) is 0 Å². The Kier molecular flexibility index (Phi) is 7.45. The smallest absolute Gasteiger partial charge is 0.201 e. The van der Waals surface area contributed by atoms with Gasteiger partial charge in [0, 0.05) is 28.3 Å². The molecule has 4 rings (SSSR count). The molecule has 0 saturated carbocycles. The zero-order chi connectivity index (χ0) is 26.8. The number of nitrogens with zero attached hydrogens (tertiary/aromatic N) is 2. The van der Waals surface area contributed by atoms with Gasteiger partial charge in [-0.05, 0) is 93.2 Å². The van der Waals surface area contributed by atoms with Crippen LogP contribution in [0.15, 0.2) is 90.9 Å². The number of hydrogen-bond acceptors (Lipinski definition) is 4. The Bertz CT molecular complexity index is 1200. The molecule has 1 aliphatic heterocycles. The summed E-state index contributed by atoms with van der Waals surface area (Å²) in [5.41, 5.74) is 5.64. The Labute approximate surface area is 223 Å². The molecular weight excluding hydrogens is 455 g/mol. The van der Waals surface area contributed by atoms with Gasteiger partial charge in [-0.2, -0.15) is 0 Å². The molecule has 0 aliphatic carbocycles. The Morgan fingerprint density at radius 3 is 1.46 bits per heavy atom. The van der Waals surface area contributed by atoms with Crippen molar-refractivity contribution in [3.05, 3.63) is 96.5 Å². The summed E-state index contributed by atoms with van der Waals surface area (Å²) in [6.07, 6.45) is 2.26. The monoisotopic (exact) mass is 494 g/mol. The van der Waals surface area contributed by atoms with Crippen LogP contribution in [0.3, 0.4) is 0 Å². The number of ether oxygens (including phenoxy) is 2. The normalized spacial score (nSPS) is 13.9. The molecule has 0 bridgehead atoms. The molecule has 0 unspecified atom stereocenters. The minimum atomic E-state index is -0.0257. The van der Waals surface area contributed by atoms with E-state index >= 15 is 0 Å². The zero-order valence-electron chi connectivity index (χ0n) is 23.4. The molecule has 1 aliphatic rings. The predicted octanol–water partition coefficient (Wildman–Crippen LogP) is 8.52. The first-order valence-electron chi connectivity index (χ1n) is 12.9. The zero-order valence-corrected chi connectivity index (χ0v) is 23.4. The van der Waals surface area contributed by atoms with Crippen LogP contribution in [0.5, 0.6) is 11.5 Å². The van der Waals surface area contributed by atoms with Crippen LogP contribution in [0.1, 0.15) is 47.1 Å². The van der Waals surface area contributed by atoms with Gasteiger partial charge in [-0.15, -0.1) is 0 Å².